The number of aliphatic imine (C=N–C) groups is 1. The first-order chi connectivity index (χ1) is 10.1. The zero-order valence-electron chi connectivity index (χ0n) is 11.9. The van der Waals surface area contributed by atoms with Crippen LogP contribution in [-0.4, -0.2) is 30.9 Å². The molecule has 1 amide bonds. The van der Waals surface area contributed by atoms with Gasteiger partial charge in [-0.25, -0.2) is 4.99 Å². The highest BCUT2D eigenvalue weighted by molar-refractivity contribution is 6.12. The molecule has 0 saturated carbocycles. The predicted molar refractivity (Wildman–Crippen MR) is 81.9 cm³/mol. The minimum absolute atomic E-state index is 0.0800. The second kappa shape index (κ2) is 3.95. The summed E-state index contributed by atoms with van der Waals surface area (Å²) in [6.45, 7) is 0. The van der Waals surface area contributed by atoms with E-state index in [9.17, 15) is 4.79 Å². The number of carbonyl (C=O) groups excluding carboxylic acids is 1. The number of guanidine groups is 1. The molecule has 2 aromatic carbocycles. The summed E-state index contributed by atoms with van der Waals surface area (Å²) in [6, 6.07) is 16.0. The molecular weight excluding hydrogens is 262 g/mol. The Morgan fingerprint density at radius 1 is 0.952 bits per heavy atom. The van der Waals surface area contributed by atoms with Gasteiger partial charge in [0.1, 0.15) is 0 Å². The average molecular weight is 277 g/mol. The quantitative estimate of drug-likeness (QED) is 0.800. The lowest BCUT2D eigenvalue weighted by Gasteiger charge is -2.19. The van der Waals surface area contributed by atoms with Gasteiger partial charge in [-0.15, -0.1) is 0 Å². The van der Waals surface area contributed by atoms with Gasteiger partial charge in [-0.2, -0.15) is 0 Å². The number of nitrogens with one attached hydrogen (secondary N) is 1. The molecule has 4 rings (SSSR count). The molecule has 1 spiro atoms. The van der Waals surface area contributed by atoms with Gasteiger partial charge in [0.15, 0.2) is 5.54 Å². The molecule has 0 radical (unpaired) electrons. The van der Waals surface area contributed by atoms with Crippen molar-refractivity contribution in [1.29, 1.82) is 0 Å². The standard InChI is InChI=1S/C17H15N3O/c1-20(2)16-18-15(21)17(19-16)13-9-5-3-7-11(13)12-8-4-6-10-14(12)17/h3-10H,1-2H3,(H,18,19,21). The van der Waals surface area contributed by atoms with Gasteiger partial charge in [-0.3, -0.25) is 10.1 Å². The van der Waals surface area contributed by atoms with Crippen LogP contribution in [0.1, 0.15) is 11.1 Å². The number of carbonyl (C=O) groups is 1. The third-order valence-electron chi connectivity index (χ3n) is 4.18. The molecule has 0 unspecified atom stereocenters. The molecule has 0 fully saturated rings. The van der Waals surface area contributed by atoms with Crippen LogP contribution in [0.5, 0.6) is 0 Å². The third-order valence-corrected chi connectivity index (χ3v) is 4.18. The summed E-state index contributed by atoms with van der Waals surface area (Å²) in [7, 11) is 3.76. The maximum atomic E-state index is 12.8. The van der Waals surface area contributed by atoms with E-state index in [0.717, 1.165) is 22.3 Å². The summed E-state index contributed by atoms with van der Waals surface area (Å²) in [5.74, 6) is 0.523. The Kier molecular flexibility index (Phi) is 2.28. The molecule has 2 aliphatic rings. The normalized spacial score (nSPS) is 17.2. The highest BCUT2D eigenvalue weighted by Crippen LogP contribution is 2.51. The molecule has 2 aromatic rings. The number of rotatable bonds is 0. The topological polar surface area (TPSA) is 44.7 Å². The van der Waals surface area contributed by atoms with Gasteiger partial charge < -0.3 is 4.90 Å². The minimum Gasteiger partial charge on any atom is -0.349 e. The van der Waals surface area contributed by atoms with Crippen molar-refractivity contribution in [3.8, 4) is 11.1 Å². The van der Waals surface area contributed by atoms with Crippen molar-refractivity contribution < 1.29 is 4.79 Å². The van der Waals surface area contributed by atoms with Crippen LogP contribution in [0.15, 0.2) is 53.5 Å². The van der Waals surface area contributed by atoms with Crippen molar-refractivity contribution in [1.82, 2.24) is 10.2 Å². The zero-order valence-corrected chi connectivity index (χ0v) is 11.9. The fourth-order valence-electron chi connectivity index (χ4n) is 3.22. The van der Waals surface area contributed by atoms with Crippen LogP contribution in [0, 0.1) is 0 Å². The van der Waals surface area contributed by atoms with E-state index in [1.807, 2.05) is 55.4 Å². The fraction of sp³-hybridized carbons (Fsp3) is 0.176. The summed E-state index contributed by atoms with van der Waals surface area (Å²) >= 11 is 0. The lowest BCUT2D eigenvalue weighted by molar-refractivity contribution is -0.122. The first-order valence-corrected chi connectivity index (χ1v) is 6.92. The van der Waals surface area contributed by atoms with Crippen molar-refractivity contribution in [3.63, 3.8) is 0 Å². The summed E-state index contributed by atoms with van der Waals surface area (Å²) in [5, 5.41) is 2.90. The Morgan fingerprint density at radius 3 is 1.95 bits per heavy atom. The van der Waals surface area contributed by atoms with Gasteiger partial charge in [0, 0.05) is 25.2 Å². The number of hydrogen-bond donors (Lipinski definition) is 1. The van der Waals surface area contributed by atoms with Crippen molar-refractivity contribution in [3.05, 3.63) is 59.7 Å². The first-order valence-electron chi connectivity index (χ1n) is 6.92. The Morgan fingerprint density at radius 2 is 1.48 bits per heavy atom. The van der Waals surface area contributed by atoms with Crippen LogP contribution in [0.25, 0.3) is 11.1 Å². The van der Waals surface area contributed by atoms with Gasteiger partial charge in [0.2, 0.25) is 5.96 Å². The van der Waals surface area contributed by atoms with Gasteiger partial charge in [-0.1, -0.05) is 48.5 Å². The summed E-state index contributed by atoms with van der Waals surface area (Å²) in [4.78, 5) is 19.4. The third kappa shape index (κ3) is 1.39. The highest BCUT2D eigenvalue weighted by atomic mass is 16.2. The molecule has 0 saturated heterocycles. The van der Waals surface area contributed by atoms with Gasteiger partial charge >= 0.3 is 0 Å². The van der Waals surface area contributed by atoms with Gasteiger partial charge in [0.05, 0.1) is 0 Å². The Balaban J connectivity index is 2.08. The predicted octanol–water partition coefficient (Wildman–Crippen LogP) is 1.96. The van der Waals surface area contributed by atoms with E-state index in [4.69, 9.17) is 4.99 Å². The monoisotopic (exact) mass is 277 g/mol. The largest absolute Gasteiger partial charge is 0.349 e. The fourth-order valence-corrected chi connectivity index (χ4v) is 3.22. The number of fused-ring (bicyclic) bond motifs is 5. The first kappa shape index (κ1) is 12.1. The molecule has 104 valence electrons. The number of nitrogens with zero attached hydrogens (tertiary/aromatic N) is 2. The lowest BCUT2D eigenvalue weighted by Crippen LogP contribution is -2.40. The van der Waals surface area contributed by atoms with Crippen LogP contribution < -0.4 is 5.32 Å². The molecule has 21 heavy (non-hydrogen) atoms. The number of benzene rings is 2. The SMILES string of the molecule is CN(C)C1=NC2(C(=O)N1)c1ccccc1-c1ccccc12. The van der Waals surface area contributed by atoms with E-state index in [-0.39, 0.29) is 5.91 Å². The molecule has 1 heterocycles. The molecule has 4 nitrogen and oxygen atoms in total. The van der Waals surface area contributed by atoms with E-state index >= 15 is 0 Å². The van der Waals surface area contributed by atoms with E-state index in [1.54, 1.807) is 0 Å². The second-order valence-electron chi connectivity index (χ2n) is 5.59. The Bertz CT molecular complexity index is 747. The number of amides is 1. The molecule has 0 atom stereocenters. The van der Waals surface area contributed by atoms with Crippen molar-refractivity contribution in [2.24, 2.45) is 4.99 Å². The average Bonchev–Trinajstić information content (AvgIpc) is 2.99. The lowest BCUT2D eigenvalue weighted by atomic mass is 9.88. The maximum Gasteiger partial charge on any atom is 0.264 e. The molecule has 0 aromatic heterocycles. The van der Waals surface area contributed by atoms with E-state index in [2.05, 4.69) is 17.4 Å². The van der Waals surface area contributed by atoms with Crippen LogP contribution >= 0.6 is 0 Å². The van der Waals surface area contributed by atoms with Crippen molar-refractivity contribution in [2.75, 3.05) is 14.1 Å². The minimum atomic E-state index is -0.938. The zero-order chi connectivity index (χ0) is 14.6. The Labute approximate surface area is 123 Å². The smallest absolute Gasteiger partial charge is 0.264 e. The van der Waals surface area contributed by atoms with Crippen LogP contribution in [-0.2, 0) is 10.3 Å². The van der Waals surface area contributed by atoms with Gasteiger partial charge in [0.25, 0.3) is 5.91 Å². The van der Waals surface area contributed by atoms with E-state index < -0.39 is 5.54 Å². The summed E-state index contributed by atoms with van der Waals surface area (Å²) in [6.07, 6.45) is 0. The van der Waals surface area contributed by atoms with Crippen LogP contribution in [0.3, 0.4) is 0 Å². The second-order valence-corrected chi connectivity index (χ2v) is 5.59. The van der Waals surface area contributed by atoms with Gasteiger partial charge in [-0.05, 0) is 11.1 Å². The van der Waals surface area contributed by atoms with E-state index in [0.29, 0.717) is 5.96 Å². The molecular formula is C17H15N3O. The molecule has 4 heteroatoms. The summed E-state index contributed by atoms with van der Waals surface area (Å²) < 4.78 is 0. The molecule has 0 bridgehead atoms. The van der Waals surface area contributed by atoms with Crippen molar-refractivity contribution in [2.45, 2.75) is 5.54 Å². The molecule has 1 aliphatic heterocycles. The van der Waals surface area contributed by atoms with E-state index in [1.165, 1.54) is 0 Å². The summed E-state index contributed by atoms with van der Waals surface area (Å²) in [5.41, 5.74) is 3.16. The van der Waals surface area contributed by atoms with Crippen LogP contribution in [0.4, 0.5) is 0 Å². The number of hydrogen-bond acceptors (Lipinski definition) is 3. The van der Waals surface area contributed by atoms with Crippen LogP contribution in [0.2, 0.25) is 0 Å². The molecule has 1 aliphatic carbocycles. The highest BCUT2D eigenvalue weighted by Gasteiger charge is 2.53. The Hall–Kier alpha value is -2.62. The molecule has 1 N–H and O–H groups in total. The maximum absolute atomic E-state index is 12.8. The van der Waals surface area contributed by atoms with Crippen molar-refractivity contribution >= 4 is 11.9 Å².